The maximum Gasteiger partial charge on any atom is 0.254 e. The molecule has 3 aromatic rings. The molecule has 0 aliphatic carbocycles. The normalized spacial score (nSPS) is 12.1. The number of aryl methyl sites for hydroxylation is 2. The van der Waals surface area contributed by atoms with Crippen molar-refractivity contribution in [2.45, 2.75) is 26.9 Å². The zero-order chi connectivity index (χ0) is 19.6. The molecular formula is C22H24N2O3. The number of fused-ring (bicyclic) bond motifs is 1. The molecule has 2 N–H and O–H groups in total. The minimum atomic E-state index is -0.878. The molecular weight excluding hydrogens is 340 g/mol. The molecule has 5 heteroatoms. The number of amides is 1. The molecule has 0 aliphatic heterocycles. The Balaban J connectivity index is 1.93. The third-order valence-electron chi connectivity index (χ3n) is 4.64. The molecule has 140 valence electrons. The highest BCUT2D eigenvalue weighted by Crippen LogP contribution is 2.24. The fourth-order valence-electron chi connectivity index (χ4n) is 3.22. The number of phenolic OH excluding ortho intramolecular Hbond substituents is 1. The fourth-order valence-corrected chi connectivity index (χ4v) is 3.22. The van der Waals surface area contributed by atoms with Crippen molar-refractivity contribution in [3.63, 3.8) is 0 Å². The molecule has 0 bridgehead atoms. The Labute approximate surface area is 158 Å². The minimum absolute atomic E-state index is 0.0900. The molecule has 1 amide bonds. The van der Waals surface area contributed by atoms with E-state index in [1.54, 1.807) is 29.2 Å². The van der Waals surface area contributed by atoms with Gasteiger partial charge in [-0.1, -0.05) is 23.8 Å². The Morgan fingerprint density at radius 3 is 2.63 bits per heavy atom. The number of nitrogens with zero attached hydrogens (tertiary/aromatic N) is 2. The predicted molar refractivity (Wildman–Crippen MR) is 106 cm³/mol. The predicted octanol–water partition coefficient (Wildman–Crippen LogP) is 3.75. The summed E-state index contributed by atoms with van der Waals surface area (Å²) in [5, 5.41) is 21.0. The number of benzene rings is 2. The van der Waals surface area contributed by atoms with Crippen LogP contribution >= 0.6 is 0 Å². The van der Waals surface area contributed by atoms with E-state index in [9.17, 15) is 15.0 Å². The van der Waals surface area contributed by atoms with Crippen molar-refractivity contribution < 1.29 is 15.0 Å². The van der Waals surface area contributed by atoms with Gasteiger partial charge in [-0.05, 0) is 56.7 Å². The number of hydrogen-bond donors (Lipinski definition) is 2. The van der Waals surface area contributed by atoms with Crippen LogP contribution in [0.2, 0.25) is 0 Å². The van der Waals surface area contributed by atoms with E-state index in [4.69, 9.17) is 0 Å². The average Bonchev–Trinajstić information content (AvgIpc) is 2.65. The first-order valence-electron chi connectivity index (χ1n) is 9.03. The highest BCUT2D eigenvalue weighted by molar-refractivity contribution is 6.06. The van der Waals surface area contributed by atoms with Crippen LogP contribution in [0.3, 0.4) is 0 Å². The van der Waals surface area contributed by atoms with Gasteiger partial charge in [0.2, 0.25) is 0 Å². The molecule has 0 spiro atoms. The SMILES string of the molecule is CCN(CC(O)c1cccc(O)c1)C(=O)c1cc(C)nc2ccc(C)cc12. The molecule has 0 aliphatic rings. The Bertz CT molecular complexity index is 984. The van der Waals surface area contributed by atoms with Crippen LogP contribution in [-0.2, 0) is 0 Å². The second-order valence-corrected chi connectivity index (χ2v) is 6.79. The van der Waals surface area contributed by atoms with Crippen LogP contribution in [0.25, 0.3) is 10.9 Å². The van der Waals surface area contributed by atoms with Crippen LogP contribution in [-0.4, -0.2) is 39.1 Å². The molecule has 1 unspecified atom stereocenters. The summed E-state index contributed by atoms with van der Waals surface area (Å²) in [7, 11) is 0. The highest BCUT2D eigenvalue weighted by atomic mass is 16.3. The van der Waals surface area contributed by atoms with E-state index in [0.717, 1.165) is 22.2 Å². The maximum absolute atomic E-state index is 13.2. The summed E-state index contributed by atoms with van der Waals surface area (Å²) in [6, 6.07) is 14.1. The topological polar surface area (TPSA) is 73.7 Å². The summed E-state index contributed by atoms with van der Waals surface area (Å²) in [6.45, 7) is 6.34. The van der Waals surface area contributed by atoms with Gasteiger partial charge in [0.05, 0.1) is 23.7 Å². The van der Waals surface area contributed by atoms with Crippen molar-refractivity contribution in [2.75, 3.05) is 13.1 Å². The summed E-state index contributed by atoms with van der Waals surface area (Å²) >= 11 is 0. The van der Waals surface area contributed by atoms with Gasteiger partial charge in [0.1, 0.15) is 5.75 Å². The van der Waals surface area contributed by atoms with Gasteiger partial charge >= 0.3 is 0 Å². The lowest BCUT2D eigenvalue weighted by atomic mass is 10.0. The van der Waals surface area contributed by atoms with E-state index in [2.05, 4.69) is 4.98 Å². The number of aliphatic hydroxyl groups excluding tert-OH is 1. The van der Waals surface area contributed by atoms with Crippen molar-refractivity contribution >= 4 is 16.8 Å². The number of aliphatic hydroxyl groups is 1. The van der Waals surface area contributed by atoms with Gasteiger partial charge in [-0.25, -0.2) is 0 Å². The van der Waals surface area contributed by atoms with Crippen molar-refractivity contribution in [3.05, 3.63) is 70.9 Å². The fraction of sp³-hybridized carbons (Fsp3) is 0.273. The average molecular weight is 364 g/mol. The molecule has 1 atom stereocenters. The van der Waals surface area contributed by atoms with E-state index in [-0.39, 0.29) is 18.2 Å². The van der Waals surface area contributed by atoms with E-state index < -0.39 is 6.10 Å². The monoisotopic (exact) mass is 364 g/mol. The van der Waals surface area contributed by atoms with Crippen molar-refractivity contribution in [3.8, 4) is 5.75 Å². The minimum Gasteiger partial charge on any atom is -0.508 e. The molecule has 0 saturated carbocycles. The van der Waals surface area contributed by atoms with Crippen LogP contribution in [0, 0.1) is 13.8 Å². The number of aromatic nitrogens is 1. The second kappa shape index (κ2) is 7.76. The van der Waals surface area contributed by atoms with Crippen LogP contribution < -0.4 is 0 Å². The van der Waals surface area contributed by atoms with Gasteiger partial charge in [-0.2, -0.15) is 0 Å². The van der Waals surface area contributed by atoms with E-state index in [1.165, 1.54) is 6.07 Å². The van der Waals surface area contributed by atoms with Crippen LogP contribution in [0.5, 0.6) is 5.75 Å². The summed E-state index contributed by atoms with van der Waals surface area (Å²) in [4.78, 5) is 19.4. The number of aromatic hydroxyl groups is 1. The number of likely N-dealkylation sites (N-methyl/N-ethyl adjacent to an activating group) is 1. The largest absolute Gasteiger partial charge is 0.508 e. The molecule has 1 heterocycles. The molecule has 1 aromatic heterocycles. The first-order chi connectivity index (χ1) is 12.9. The summed E-state index contributed by atoms with van der Waals surface area (Å²) in [5.74, 6) is -0.0510. The third-order valence-corrected chi connectivity index (χ3v) is 4.64. The summed E-state index contributed by atoms with van der Waals surface area (Å²) in [6.07, 6.45) is -0.878. The van der Waals surface area contributed by atoms with Gasteiger partial charge in [0.25, 0.3) is 5.91 Å². The number of rotatable bonds is 5. The lowest BCUT2D eigenvalue weighted by Gasteiger charge is -2.25. The van der Waals surface area contributed by atoms with Crippen molar-refractivity contribution in [2.24, 2.45) is 0 Å². The summed E-state index contributed by atoms with van der Waals surface area (Å²) < 4.78 is 0. The number of carbonyl (C=O) groups excluding carboxylic acids is 1. The van der Waals surface area contributed by atoms with Crippen molar-refractivity contribution in [1.29, 1.82) is 0 Å². The lowest BCUT2D eigenvalue weighted by Crippen LogP contribution is -2.34. The van der Waals surface area contributed by atoms with E-state index >= 15 is 0 Å². The Morgan fingerprint density at radius 1 is 1.15 bits per heavy atom. The summed E-state index contributed by atoms with van der Waals surface area (Å²) in [5.41, 5.74) is 3.79. The van der Waals surface area contributed by atoms with Crippen LogP contribution in [0.15, 0.2) is 48.5 Å². The van der Waals surface area contributed by atoms with Gasteiger partial charge in [-0.3, -0.25) is 9.78 Å². The molecule has 5 nitrogen and oxygen atoms in total. The van der Waals surface area contributed by atoms with Crippen molar-refractivity contribution in [1.82, 2.24) is 9.88 Å². The van der Waals surface area contributed by atoms with E-state index in [1.807, 2.05) is 39.0 Å². The molecule has 0 radical (unpaired) electrons. The third kappa shape index (κ3) is 4.09. The molecule has 0 fully saturated rings. The van der Waals surface area contributed by atoms with E-state index in [0.29, 0.717) is 17.7 Å². The standard InChI is InChI=1S/C22H24N2O3/c1-4-24(13-21(26)16-6-5-7-17(25)12-16)22(27)19-11-15(3)23-20-9-8-14(2)10-18(19)20/h5-12,21,25-26H,4,13H2,1-3H3. The first-order valence-corrected chi connectivity index (χ1v) is 9.03. The molecule has 0 saturated heterocycles. The Morgan fingerprint density at radius 2 is 1.93 bits per heavy atom. The Kier molecular flexibility index (Phi) is 5.42. The highest BCUT2D eigenvalue weighted by Gasteiger charge is 2.21. The second-order valence-electron chi connectivity index (χ2n) is 6.79. The van der Waals surface area contributed by atoms with Gasteiger partial charge in [0.15, 0.2) is 0 Å². The lowest BCUT2D eigenvalue weighted by molar-refractivity contribution is 0.0636. The quantitative estimate of drug-likeness (QED) is 0.723. The van der Waals surface area contributed by atoms with Gasteiger partial charge in [-0.15, -0.1) is 0 Å². The zero-order valence-electron chi connectivity index (χ0n) is 15.8. The Hall–Kier alpha value is -2.92. The smallest absolute Gasteiger partial charge is 0.254 e. The van der Waals surface area contributed by atoms with Gasteiger partial charge in [0, 0.05) is 17.6 Å². The van der Waals surface area contributed by atoms with Crippen LogP contribution in [0.4, 0.5) is 0 Å². The first kappa shape index (κ1) is 18.9. The zero-order valence-corrected chi connectivity index (χ0v) is 15.8. The molecule has 3 rings (SSSR count). The van der Waals surface area contributed by atoms with Crippen LogP contribution in [0.1, 0.15) is 40.2 Å². The number of pyridine rings is 1. The number of hydrogen-bond acceptors (Lipinski definition) is 4. The number of carbonyl (C=O) groups is 1. The molecule has 27 heavy (non-hydrogen) atoms. The number of phenols is 1. The maximum atomic E-state index is 13.2. The van der Waals surface area contributed by atoms with Gasteiger partial charge < -0.3 is 15.1 Å². The molecule has 2 aromatic carbocycles.